The van der Waals surface area contributed by atoms with Gasteiger partial charge in [0.25, 0.3) is 0 Å². The van der Waals surface area contributed by atoms with Crippen LogP contribution in [0.5, 0.6) is 0 Å². The van der Waals surface area contributed by atoms with Crippen molar-refractivity contribution in [3.63, 3.8) is 0 Å². The highest BCUT2D eigenvalue weighted by Gasteiger charge is 2.27. The van der Waals surface area contributed by atoms with Gasteiger partial charge in [-0.25, -0.2) is 0 Å². The first-order valence-electron chi connectivity index (χ1n) is 14.8. The molecule has 1 aliphatic carbocycles. The Morgan fingerprint density at radius 1 is 0.902 bits per heavy atom. The molecule has 5 heteroatoms. The van der Waals surface area contributed by atoms with Crippen LogP contribution in [0.1, 0.15) is 54.9 Å². The van der Waals surface area contributed by atoms with Crippen LogP contribution in [-0.2, 0) is 22.5 Å². The van der Waals surface area contributed by atoms with Gasteiger partial charge in [0, 0.05) is 24.7 Å². The zero-order valence-corrected chi connectivity index (χ0v) is 24.6. The molecule has 0 aliphatic heterocycles. The first-order valence-corrected chi connectivity index (χ1v) is 14.8. The molecule has 0 atom stereocenters. The average molecular weight is 548 g/mol. The van der Waals surface area contributed by atoms with Crippen molar-refractivity contribution in [3.05, 3.63) is 114 Å². The van der Waals surface area contributed by atoms with E-state index in [2.05, 4.69) is 109 Å². The van der Waals surface area contributed by atoms with Gasteiger partial charge < -0.3 is 9.64 Å². The van der Waals surface area contributed by atoms with Gasteiger partial charge in [-0.1, -0.05) is 85.3 Å². The molecule has 1 aliphatic rings. The highest BCUT2D eigenvalue weighted by molar-refractivity contribution is 5.99. The van der Waals surface area contributed by atoms with Crippen LogP contribution in [0.2, 0.25) is 0 Å². The van der Waals surface area contributed by atoms with Crippen LogP contribution in [-0.4, -0.2) is 47.9 Å². The molecule has 1 saturated carbocycles. The Morgan fingerprint density at radius 3 is 2.20 bits per heavy atom. The molecule has 0 spiro atoms. The molecule has 0 N–H and O–H groups in total. The van der Waals surface area contributed by atoms with Crippen molar-refractivity contribution in [2.45, 2.75) is 45.6 Å². The number of ether oxygens (including phenoxy) is 1. The Hall–Kier alpha value is -3.96. The second kappa shape index (κ2) is 13.6. The van der Waals surface area contributed by atoms with Crippen LogP contribution in [0.25, 0.3) is 22.3 Å². The normalized spacial score (nSPS) is 14.0. The number of rotatable bonds is 12. The van der Waals surface area contributed by atoms with Gasteiger partial charge >= 0.3 is 5.97 Å². The molecule has 5 rings (SSSR count). The quantitative estimate of drug-likeness (QED) is 0.137. The molecule has 3 aromatic carbocycles. The van der Waals surface area contributed by atoms with Crippen molar-refractivity contribution in [3.8, 4) is 11.1 Å². The average Bonchev–Trinajstić information content (AvgIpc) is 3.44. The van der Waals surface area contributed by atoms with Crippen LogP contribution in [0.15, 0.2) is 91.3 Å². The third-order valence-corrected chi connectivity index (χ3v) is 7.95. The van der Waals surface area contributed by atoms with Gasteiger partial charge in [0.05, 0.1) is 19.3 Å². The monoisotopic (exact) mass is 547 g/mol. The standard InChI is InChI=1S/C36H41N3O2/c1-4-41-34(40)22-15-27-13-16-31(17-14-27)36(35(30-11-8-12-30)29-9-6-5-7-10-29)32-20-18-28(19-21-32)33-25-37-39(26-33)24-23-38(2)3/h5-7,9-10,13-14,16-21,25-26,30H,4,8,11-12,15,22-24H2,1-3H3/b36-35-. The first-order chi connectivity index (χ1) is 20.0. The SMILES string of the molecule is CCOC(=O)CCc1ccc(/C(=C(\c2ccccc2)C2CCC2)c2ccc(-c3cnn(CCN(C)C)c3)cc2)cc1. The number of aromatic nitrogens is 2. The Balaban J connectivity index is 1.50. The Labute approximate surface area is 244 Å². The van der Waals surface area contributed by atoms with Gasteiger partial charge in [-0.05, 0) is 85.2 Å². The summed E-state index contributed by atoms with van der Waals surface area (Å²) in [4.78, 5) is 14.1. The molecule has 0 saturated heterocycles. The van der Waals surface area contributed by atoms with E-state index >= 15 is 0 Å². The van der Waals surface area contributed by atoms with Crippen molar-refractivity contribution in [1.82, 2.24) is 14.7 Å². The number of benzene rings is 3. The minimum Gasteiger partial charge on any atom is -0.466 e. The summed E-state index contributed by atoms with van der Waals surface area (Å²) in [7, 11) is 4.16. The number of hydrogen-bond acceptors (Lipinski definition) is 4. The Morgan fingerprint density at radius 2 is 1.59 bits per heavy atom. The summed E-state index contributed by atoms with van der Waals surface area (Å²) in [6.07, 6.45) is 8.89. The lowest BCUT2D eigenvalue weighted by Crippen LogP contribution is -2.18. The van der Waals surface area contributed by atoms with Gasteiger partial charge in [0.1, 0.15) is 0 Å². The third-order valence-electron chi connectivity index (χ3n) is 7.95. The van der Waals surface area contributed by atoms with Gasteiger partial charge in [0.15, 0.2) is 0 Å². The van der Waals surface area contributed by atoms with E-state index in [4.69, 9.17) is 4.74 Å². The summed E-state index contributed by atoms with van der Waals surface area (Å²) in [6.45, 7) is 4.10. The summed E-state index contributed by atoms with van der Waals surface area (Å²) in [6, 6.07) is 28.6. The lowest BCUT2D eigenvalue weighted by Gasteiger charge is -2.31. The molecule has 0 amide bonds. The third kappa shape index (κ3) is 7.22. The predicted molar refractivity (Wildman–Crippen MR) is 167 cm³/mol. The van der Waals surface area contributed by atoms with E-state index in [0.717, 1.165) is 24.2 Å². The molecule has 4 aromatic rings. The number of nitrogens with zero attached hydrogens (tertiary/aromatic N) is 3. The molecule has 1 heterocycles. The summed E-state index contributed by atoms with van der Waals surface area (Å²) >= 11 is 0. The number of carbonyl (C=O) groups is 1. The molecule has 5 nitrogen and oxygen atoms in total. The van der Waals surface area contributed by atoms with Crippen LogP contribution >= 0.6 is 0 Å². The van der Waals surface area contributed by atoms with Crippen molar-refractivity contribution in [2.75, 3.05) is 27.2 Å². The second-order valence-electron chi connectivity index (χ2n) is 11.2. The first kappa shape index (κ1) is 28.6. The predicted octanol–water partition coefficient (Wildman–Crippen LogP) is 7.37. The molecule has 0 radical (unpaired) electrons. The van der Waals surface area contributed by atoms with Gasteiger partial charge in [-0.2, -0.15) is 5.10 Å². The summed E-state index contributed by atoms with van der Waals surface area (Å²) in [5, 5.41) is 4.58. The fourth-order valence-corrected chi connectivity index (χ4v) is 5.46. The smallest absolute Gasteiger partial charge is 0.306 e. The van der Waals surface area contributed by atoms with E-state index in [9.17, 15) is 4.79 Å². The molecule has 0 unspecified atom stereocenters. The van der Waals surface area contributed by atoms with Crippen LogP contribution in [0.4, 0.5) is 0 Å². The topological polar surface area (TPSA) is 47.4 Å². The maximum Gasteiger partial charge on any atom is 0.306 e. The Bertz CT molecular complexity index is 1450. The molecule has 41 heavy (non-hydrogen) atoms. The number of hydrogen-bond donors (Lipinski definition) is 0. The van der Waals surface area contributed by atoms with Gasteiger partial charge in [-0.15, -0.1) is 0 Å². The second-order valence-corrected chi connectivity index (χ2v) is 11.2. The van der Waals surface area contributed by atoms with E-state index in [-0.39, 0.29) is 5.97 Å². The van der Waals surface area contributed by atoms with E-state index in [1.54, 1.807) is 0 Å². The largest absolute Gasteiger partial charge is 0.466 e. The van der Waals surface area contributed by atoms with Gasteiger partial charge in [0.2, 0.25) is 0 Å². The Kier molecular flexibility index (Phi) is 9.48. The lowest BCUT2D eigenvalue weighted by molar-refractivity contribution is -0.143. The number of allylic oxidation sites excluding steroid dienone is 1. The zero-order chi connectivity index (χ0) is 28.6. The zero-order valence-electron chi connectivity index (χ0n) is 24.6. The van der Waals surface area contributed by atoms with Crippen molar-refractivity contribution >= 4 is 17.1 Å². The van der Waals surface area contributed by atoms with E-state index in [0.29, 0.717) is 25.4 Å². The number of esters is 1. The summed E-state index contributed by atoms with van der Waals surface area (Å²) < 4.78 is 7.14. The molecule has 1 aromatic heterocycles. The molecular formula is C36H41N3O2. The highest BCUT2D eigenvalue weighted by Crippen LogP contribution is 2.45. The lowest BCUT2D eigenvalue weighted by atomic mass is 9.73. The molecule has 0 bridgehead atoms. The molecule has 1 fully saturated rings. The summed E-state index contributed by atoms with van der Waals surface area (Å²) in [5.74, 6) is 0.405. The van der Waals surface area contributed by atoms with E-state index < -0.39 is 0 Å². The minimum absolute atomic E-state index is 0.142. The molecule has 212 valence electrons. The van der Waals surface area contributed by atoms with E-state index in [1.807, 2.05) is 17.8 Å². The van der Waals surface area contributed by atoms with Gasteiger partial charge in [-0.3, -0.25) is 9.48 Å². The number of carbonyl (C=O) groups excluding carboxylic acids is 1. The van der Waals surface area contributed by atoms with Crippen LogP contribution in [0, 0.1) is 5.92 Å². The number of likely N-dealkylation sites (N-methyl/N-ethyl adjacent to an activating group) is 1. The van der Waals surface area contributed by atoms with Crippen molar-refractivity contribution in [2.24, 2.45) is 5.92 Å². The van der Waals surface area contributed by atoms with Crippen molar-refractivity contribution in [1.29, 1.82) is 0 Å². The fraction of sp³-hybridized carbons (Fsp3) is 0.333. The maximum atomic E-state index is 11.9. The van der Waals surface area contributed by atoms with Crippen LogP contribution < -0.4 is 0 Å². The summed E-state index contributed by atoms with van der Waals surface area (Å²) in [5.41, 5.74) is 9.90. The van der Waals surface area contributed by atoms with E-state index in [1.165, 1.54) is 52.7 Å². The highest BCUT2D eigenvalue weighted by atomic mass is 16.5. The van der Waals surface area contributed by atoms with Crippen molar-refractivity contribution < 1.29 is 9.53 Å². The minimum atomic E-state index is -0.142. The fourth-order valence-electron chi connectivity index (χ4n) is 5.46. The number of aryl methyl sites for hydroxylation is 1. The van der Waals surface area contributed by atoms with Crippen LogP contribution in [0.3, 0.4) is 0 Å². The molecular weight excluding hydrogens is 506 g/mol. The maximum absolute atomic E-state index is 11.9.